The molecule has 0 spiro atoms. The van der Waals surface area contributed by atoms with Gasteiger partial charge < -0.3 is 24.1 Å². The number of aromatic nitrogens is 2. The van der Waals surface area contributed by atoms with Crippen molar-refractivity contribution in [1.29, 1.82) is 5.26 Å². The van der Waals surface area contributed by atoms with Crippen LogP contribution in [0, 0.1) is 11.3 Å². The molecule has 1 aliphatic rings. The SMILES string of the molecule is CCCC(=O)N(Cc1cncn1Cc1ccc(C#N)cc1)c1ccc(-c2ccc(C(=O)NCCN3CCCC3)o2)cc1. The molecule has 42 heavy (non-hydrogen) atoms. The van der Waals surface area contributed by atoms with Gasteiger partial charge in [0.05, 0.1) is 30.2 Å². The monoisotopic (exact) mass is 564 g/mol. The molecule has 2 amide bonds. The average Bonchev–Trinajstić information content (AvgIpc) is 3.80. The van der Waals surface area contributed by atoms with Crippen LogP contribution in [-0.4, -0.2) is 52.4 Å². The molecule has 0 saturated carbocycles. The summed E-state index contributed by atoms with van der Waals surface area (Å²) in [6, 6.07) is 20.7. The molecule has 9 heteroatoms. The van der Waals surface area contributed by atoms with Gasteiger partial charge in [0.25, 0.3) is 5.91 Å². The van der Waals surface area contributed by atoms with Crippen molar-refractivity contribution in [2.45, 2.75) is 45.7 Å². The summed E-state index contributed by atoms with van der Waals surface area (Å²) < 4.78 is 7.89. The highest BCUT2D eigenvalue weighted by molar-refractivity contribution is 5.94. The lowest BCUT2D eigenvalue weighted by atomic mass is 10.1. The van der Waals surface area contributed by atoms with Gasteiger partial charge in [0.15, 0.2) is 5.76 Å². The van der Waals surface area contributed by atoms with Gasteiger partial charge in [-0.3, -0.25) is 9.59 Å². The van der Waals surface area contributed by atoms with E-state index < -0.39 is 0 Å². The van der Waals surface area contributed by atoms with Crippen molar-refractivity contribution in [1.82, 2.24) is 19.8 Å². The van der Waals surface area contributed by atoms with Gasteiger partial charge in [0.2, 0.25) is 5.91 Å². The molecule has 4 aromatic rings. The first-order valence-electron chi connectivity index (χ1n) is 14.5. The minimum atomic E-state index is -0.217. The molecule has 1 fully saturated rings. The minimum absolute atomic E-state index is 0.0299. The van der Waals surface area contributed by atoms with Crippen molar-refractivity contribution in [3.63, 3.8) is 0 Å². The Kier molecular flexibility index (Phi) is 9.47. The van der Waals surface area contributed by atoms with Crippen molar-refractivity contribution >= 4 is 17.5 Å². The Hall–Kier alpha value is -4.68. The molecule has 2 aromatic carbocycles. The fraction of sp³-hybridized carbons (Fsp3) is 0.333. The summed E-state index contributed by atoms with van der Waals surface area (Å²) in [6.45, 7) is 6.59. The second-order valence-electron chi connectivity index (χ2n) is 10.6. The number of furan rings is 1. The number of hydrogen-bond acceptors (Lipinski definition) is 6. The number of anilines is 1. The van der Waals surface area contributed by atoms with E-state index in [1.807, 2.05) is 47.9 Å². The number of carbonyl (C=O) groups is 2. The molecule has 216 valence electrons. The van der Waals surface area contributed by atoms with Gasteiger partial charge in [-0.15, -0.1) is 0 Å². The molecular weight excluding hydrogens is 528 g/mol. The zero-order valence-corrected chi connectivity index (χ0v) is 24.0. The summed E-state index contributed by atoms with van der Waals surface area (Å²) in [5, 5.41) is 12.0. The van der Waals surface area contributed by atoms with E-state index in [1.165, 1.54) is 12.8 Å². The number of nitriles is 1. The predicted molar refractivity (Wildman–Crippen MR) is 161 cm³/mol. The van der Waals surface area contributed by atoms with Crippen LogP contribution in [0.25, 0.3) is 11.3 Å². The number of nitrogens with one attached hydrogen (secondary N) is 1. The van der Waals surface area contributed by atoms with Crippen molar-refractivity contribution in [3.05, 3.63) is 95.8 Å². The number of rotatable bonds is 12. The van der Waals surface area contributed by atoms with Crippen LogP contribution in [-0.2, 0) is 17.9 Å². The lowest BCUT2D eigenvalue weighted by molar-refractivity contribution is -0.118. The third-order valence-corrected chi connectivity index (χ3v) is 7.53. The maximum Gasteiger partial charge on any atom is 0.287 e. The van der Waals surface area contributed by atoms with E-state index in [4.69, 9.17) is 9.68 Å². The Bertz CT molecular complexity index is 1520. The van der Waals surface area contributed by atoms with Gasteiger partial charge >= 0.3 is 0 Å². The van der Waals surface area contributed by atoms with E-state index in [0.717, 1.165) is 48.6 Å². The van der Waals surface area contributed by atoms with Crippen molar-refractivity contribution in [2.75, 3.05) is 31.1 Å². The van der Waals surface area contributed by atoms with E-state index in [-0.39, 0.29) is 17.6 Å². The molecule has 0 bridgehead atoms. The maximum absolute atomic E-state index is 13.2. The Morgan fingerprint density at radius 1 is 1.05 bits per heavy atom. The smallest absolute Gasteiger partial charge is 0.287 e. The standard InChI is InChI=1S/C33H36N6O3/c1-2-5-32(40)39(23-29-21-35-24-38(29)22-26-8-6-25(20-34)7-9-26)28-12-10-27(11-13-28)30-14-15-31(42-30)33(41)36-16-19-37-17-3-4-18-37/h6-15,21,24H,2-5,16-19,22-23H2,1H3,(H,36,41). The molecule has 1 saturated heterocycles. The number of imidazole rings is 1. The number of likely N-dealkylation sites (tertiary alicyclic amines) is 1. The van der Waals surface area contributed by atoms with Crippen LogP contribution in [0.15, 0.2) is 77.6 Å². The normalized spacial score (nSPS) is 13.1. The van der Waals surface area contributed by atoms with Crippen LogP contribution >= 0.6 is 0 Å². The molecule has 9 nitrogen and oxygen atoms in total. The first-order valence-corrected chi connectivity index (χ1v) is 14.5. The summed E-state index contributed by atoms with van der Waals surface area (Å²) in [6.07, 6.45) is 7.17. The largest absolute Gasteiger partial charge is 0.451 e. The Morgan fingerprint density at radius 2 is 1.81 bits per heavy atom. The first-order chi connectivity index (χ1) is 20.5. The van der Waals surface area contributed by atoms with Gasteiger partial charge in [-0.25, -0.2) is 4.98 Å². The van der Waals surface area contributed by atoms with Crippen LogP contribution in [0.4, 0.5) is 5.69 Å². The molecule has 1 aliphatic heterocycles. The summed E-state index contributed by atoms with van der Waals surface area (Å²) in [4.78, 5) is 34.3. The fourth-order valence-corrected chi connectivity index (χ4v) is 5.18. The van der Waals surface area contributed by atoms with Crippen LogP contribution in [0.3, 0.4) is 0 Å². The van der Waals surface area contributed by atoms with Gasteiger partial charge in [-0.2, -0.15) is 5.26 Å². The van der Waals surface area contributed by atoms with Gasteiger partial charge in [0.1, 0.15) is 5.76 Å². The summed E-state index contributed by atoms with van der Waals surface area (Å²) in [7, 11) is 0. The lowest BCUT2D eigenvalue weighted by Crippen LogP contribution is -2.33. The molecule has 0 atom stereocenters. The molecule has 3 heterocycles. The molecule has 0 radical (unpaired) electrons. The number of hydrogen-bond donors (Lipinski definition) is 1. The Labute approximate surface area is 246 Å². The molecule has 0 unspecified atom stereocenters. The maximum atomic E-state index is 13.2. The number of carbonyl (C=O) groups excluding carboxylic acids is 2. The highest BCUT2D eigenvalue weighted by Gasteiger charge is 2.19. The summed E-state index contributed by atoms with van der Waals surface area (Å²) in [5.41, 5.74) is 4.16. The highest BCUT2D eigenvalue weighted by atomic mass is 16.3. The number of nitrogens with zero attached hydrogens (tertiary/aromatic N) is 5. The van der Waals surface area contributed by atoms with Crippen LogP contribution in [0.5, 0.6) is 0 Å². The third kappa shape index (κ3) is 7.14. The molecular formula is C33H36N6O3. The van der Waals surface area contributed by atoms with E-state index in [2.05, 4.69) is 21.3 Å². The molecule has 1 N–H and O–H groups in total. The van der Waals surface area contributed by atoms with Crippen molar-refractivity contribution < 1.29 is 14.0 Å². The van der Waals surface area contributed by atoms with E-state index in [9.17, 15) is 9.59 Å². The third-order valence-electron chi connectivity index (χ3n) is 7.53. The fourth-order valence-electron chi connectivity index (χ4n) is 5.18. The highest BCUT2D eigenvalue weighted by Crippen LogP contribution is 2.27. The number of amides is 2. The topological polar surface area (TPSA) is 107 Å². The molecule has 5 rings (SSSR count). The predicted octanol–water partition coefficient (Wildman–Crippen LogP) is 5.22. The Morgan fingerprint density at radius 3 is 2.52 bits per heavy atom. The van der Waals surface area contributed by atoms with Gasteiger partial charge in [-0.1, -0.05) is 19.1 Å². The minimum Gasteiger partial charge on any atom is -0.451 e. The van der Waals surface area contributed by atoms with Crippen molar-refractivity contribution in [2.24, 2.45) is 0 Å². The quantitative estimate of drug-likeness (QED) is 0.253. The van der Waals surface area contributed by atoms with Crippen LogP contribution in [0.2, 0.25) is 0 Å². The second-order valence-corrected chi connectivity index (χ2v) is 10.6. The average molecular weight is 565 g/mol. The lowest BCUT2D eigenvalue weighted by Gasteiger charge is -2.24. The molecule has 2 aromatic heterocycles. The van der Waals surface area contributed by atoms with Crippen LogP contribution < -0.4 is 10.2 Å². The van der Waals surface area contributed by atoms with Gasteiger partial charge in [-0.05, 0) is 86.4 Å². The Balaban J connectivity index is 1.26. The molecule has 0 aliphatic carbocycles. The first kappa shape index (κ1) is 28.8. The zero-order chi connectivity index (χ0) is 29.3. The van der Waals surface area contributed by atoms with Crippen LogP contribution in [0.1, 0.15) is 60.0 Å². The van der Waals surface area contributed by atoms with E-state index in [0.29, 0.717) is 37.4 Å². The zero-order valence-electron chi connectivity index (χ0n) is 24.0. The number of benzene rings is 2. The van der Waals surface area contributed by atoms with Gasteiger partial charge in [0, 0.05) is 43.5 Å². The van der Waals surface area contributed by atoms with Crippen molar-refractivity contribution in [3.8, 4) is 17.4 Å². The second kappa shape index (κ2) is 13.8. The van der Waals surface area contributed by atoms with E-state index >= 15 is 0 Å². The van der Waals surface area contributed by atoms with E-state index in [1.54, 1.807) is 41.7 Å². The summed E-state index contributed by atoms with van der Waals surface area (Å²) in [5.74, 6) is 0.692. The summed E-state index contributed by atoms with van der Waals surface area (Å²) >= 11 is 0.